The van der Waals surface area contributed by atoms with E-state index in [1.54, 1.807) is 0 Å². The number of hydrogen-bond donors (Lipinski definition) is 1. The third-order valence-corrected chi connectivity index (χ3v) is 4.31. The Kier molecular flexibility index (Phi) is 2.15. The van der Waals surface area contributed by atoms with Crippen LogP contribution in [-0.4, -0.2) is 5.91 Å². The predicted molar refractivity (Wildman–Crippen MR) is 72.1 cm³/mol. The summed E-state index contributed by atoms with van der Waals surface area (Å²) in [5.41, 5.74) is 2.59. The molecule has 0 aromatic heterocycles. The number of rotatable bonds is 0. The third kappa shape index (κ3) is 1.56. The van der Waals surface area contributed by atoms with Gasteiger partial charge in [-0.05, 0) is 43.9 Å². The molecule has 1 aliphatic heterocycles. The van der Waals surface area contributed by atoms with Crippen LogP contribution in [0.5, 0.6) is 0 Å². The van der Waals surface area contributed by atoms with Crippen molar-refractivity contribution in [2.75, 3.05) is 5.32 Å². The summed E-state index contributed by atoms with van der Waals surface area (Å²) < 4.78 is 8.75. The van der Waals surface area contributed by atoms with Gasteiger partial charge in [-0.3, -0.25) is 4.79 Å². The highest BCUT2D eigenvalue weighted by Gasteiger charge is 2.46. The topological polar surface area (TPSA) is 29.1 Å². The molecule has 1 amide bonds. The quantitative estimate of drug-likeness (QED) is 0.725. The highest BCUT2D eigenvalue weighted by Crippen LogP contribution is 2.47. The normalized spacial score (nSPS) is 27.5. The largest absolute Gasteiger partial charge is 0.325 e. The van der Waals surface area contributed by atoms with Crippen molar-refractivity contribution >= 4 is 27.5 Å². The van der Waals surface area contributed by atoms with Gasteiger partial charge in [0.1, 0.15) is 0 Å². The van der Waals surface area contributed by atoms with Gasteiger partial charge in [-0.25, -0.2) is 0 Å². The number of anilines is 1. The van der Waals surface area contributed by atoms with Gasteiger partial charge in [0.05, 0.1) is 6.79 Å². The maximum atomic E-state index is 12.3. The zero-order valence-corrected chi connectivity index (χ0v) is 11.2. The molecular formula is C14H14BrNO. The van der Waals surface area contributed by atoms with Gasteiger partial charge in [-0.2, -0.15) is 0 Å². The molecule has 3 rings (SSSR count). The minimum Gasteiger partial charge on any atom is -0.325 e. The molecule has 2 nitrogen and oxygen atoms in total. The molecule has 17 heavy (non-hydrogen) atoms. The minimum absolute atomic E-state index is 0.0489. The highest BCUT2D eigenvalue weighted by molar-refractivity contribution is 9.10. The van der Waals surface area contributed by atoms with Crippen LogP contribution in [0, 0.1) is 0 Å². The number of hydrogen-bond acceptors (Lipinski definition) is 1. The molecule has 0 unspecified atom stereocenters. The van der Waals surface area contributed by atoms with Gasteiger partial charge in [0, 0.05) is 10.2 Å². The molecule has 0 saturated carbocycles. The van der Waals surface area contributed by atoms with Crippen molar-refractivity contribution in [2.45, 2.75) is 31.6 Å². The third-order valence-electron chi connectivity index (χ3n) is 3.84. The van der Waals surface area contributed by atoms with Gasteiger partial charge in [-0.15, -0.1) is 0 Å². The molecule has 0 radical (unpaired) electrons. The Balaban J connectivity index is 2.16. The molecule has 1 heterocycles. The minimum atomic E-state index is -0.439. The highest BCUT2D eigenvalue weighted by atomic mass is 79.9. The lowest BCUT2D eigenvalue weighted by Crippen LogP contribution is -2.35. The Morgan fingerprint density at radius 1 is 1.53 bits per heavy atom. The van der Waals surface area contributed by atoms with Gasteiger partial charge in [-0.1, -0.05) is 33.6 Å². The second kappa shape index (κ2) is 3.70. The molecule has 1 aromatic carbocycles. The van der Waals surface area contributed by atoms with Crippen LogP contribution in [-0.2, 0) is 10.2 Å². The lowest BCUT2D eigenvalue weighted by molar-refractivity contribution is -0.121. The molecule has 0 saturated heterocycles. The summed E-state index contributed by atoms with van der Waals surface area (Å²) >= 11 is 3.34. The lowest BCUT2D eigenvalue weighted by atomic mass is 9.71. The summed E-state index contributed by atoms with van der Waals surface area (Å²) in [6.07, 6.45) is 4.70. The molecule has 0 bridgehead atoms. The van der Waals surface area contributed by atoms with Gasteiger partial charge in [0.2, 0.25) is 5.91 Å². The number of benzene rings is 1. The maximum absolute atomic E-state index is 12.3. The molecule has 88 valence electrons. The maximum Gasteiger partial charge on any atom is 0.235 e. The van der Waals surface area contributed by atoms with Crippen molar-refractivity contribution in [3.63, 3.8) is 0 Å². The number of nitrogens with one attached hydrogen (secondary N) is 1. The van der Waals surface area contributed by atoms with Gasteiger partial charge in [0.25, 0.3) is 0 Å². The Labute approximate surface area is 111 Å². The van der Waals surface area contributed by atoms with E-state index in [0.717, 1.165) is 29.3 Å². The van der Waals surface area contributed by atoms with Crippen LogP contribution in [0.3, 0.4) is 0 Å². The molecule has 1 atom stereocenters. The van der Waals surface area contributed by atoms with E-state index < -0.39 is 5.41 Å². The fraction of sp³-hybridized carbons (Fsp3) is 0.357. The summed E-state index contributed by atoms with van der Waals surface area (Å²) in [4.78, 5) is 12.3. The fourth-order valence-corrected chi connectivity index (χ4v) is 3.07. The molecule has 1 aromatic rings. The first-order valence-electron chi connectivity index (χ1n) is 6.31. The van der Waals surface area contributed by atoms with E-state index in [1.807, 2.05) is 12.1 Å². The van der Waals surface area contributed by atoms with Crippen molar-refractivity contribution in [2.24, 2.45) is 0 Å². The second-order valence-electron chi connectivity index (χ2n) is 4.89. The zero-order chi connectivity index (χ0) is 12.9. The molecule has 1 spiro atoms. The number of amides is 1. The van der Waals surface area contributed by atoms with E-state index in [2.05, 4.69) is 34.2 Å². The first-order chi connectivity index (χ1) is 8.54. The molecular weight excluding hydrogens is 278 g/mol. The van der Waals surface area contributed by atoms with Crippen LogP contribution in [0.15, 0.2) is 34.3 Å². The average molecular weight is 293 g/mol. The van der Waals surface area contributed by atoms with Crippen LogP contribution < -0.4 is 5.32 Å². The van der Waals surface area contributed by atoms with Gasteiger partial charge in [0.15, 0.2) is 0 Å². The number of allylic oxidation sites excluding steroid dienone is 2. The Morgan fingerprint density at radius 2 is 2.35 bits per heavy atom. The number of carbonyl (C=O) groups is 1. The van der Waals surface area contributed by atoms with E-state index in [4.69, 9.17) is 1.37 Å². The van der Waals surface area contributed by atoms with Crippen molar-refractivity contribution in [3.05, 3.63) is 39.9 Å². The zero-order valence-electron chi connectivity index (χ0n) is 10.6. The smallest absolute Gasteiger partial charge is 0.235 e. The Hall–Kier alpha value is -1.09. The van der Waals surface area contributed by atoms with Crippen LogP contribution in [0.25, 0.3) is 0 Å². The van der Waals surface area contributed by atoms with E-state index in [1.165, 1.54) is 5.57 Å². The first-order valence-corrected chi connectivity index (χ1v) is 6.60. The fourth-order valence-electron chi connectivity index (χ4n) is 2.74. The predicted octanol–water partition coefficient (Wildman–Crippen LogP) is 3.77. The van der Waals surface area contributed by atoms with E-state index in [-0.39, 0.29) is 5.91 Å². The van der Waals surface area contributed by atoms with Crippen molar-refractivity contribution in [1.29, 1.82) is 0 Å². The Bertz CT molecular complexity index is 581. The molecule has 2 aliphatic rings. The monoisotopic (exact) mass is 292 g/mol. The number of carbonyl (C=O) groups excluding carboxylic acids is 1. The number of fused-ring (bicyclic) bond motifs is 2. The van der Waals surface area contributed by atoms with Crippen LogP contribution in [0.4, 0.5) is 5.69 Å². The Morgan fingerprint density at radius 3 is 3.06 bits per heavy atom. The second-order valence-corrected chi connectivity index (χ2v) is 5.74. The molecule has 3 heteroatoms. The van der Waals surface area contributed by atoms with E-state index >= 15 is 0 Å². The summed E-state index contributed by atoms with van der Waals surface area (Å²) in [6, 6.07) is 4.22. The number of halogens is 1. The average Bonchev–Trinajstić information content (AvgIpc) is 2.63. The van der Waals surface area contributed by atoms with Gasteiger partial charge >= 0.3 is 0 Å². The molecule has 1 aliphatic carbocycles. The van der Waals surface area contributed by atoms with Crippen molar-refractivity contribution < 1.29 is 6.17 Å². The van der Waals surface area contributed by atoms with Crippen molar-refractivity contribution in [3.8, 4) is 0 Å². The summed E-state index contributed by atoms with van der Waals surface area (Å²) in [6.45, 7) is 2.11. The van der Waals surface area contributed by atoms with Crippen LogP contribution >= 0.6 is 15.9 Å². The SMILES string of the molecule is [2H]c1c(Br)ccc2c1NC(=O)[C@]21CC=C(C)CC1. The lowest BCUT2D eigenvalue weighted by Gasteiger charge is -2.30. The molecule has 0 fully saturated rings. The summed E-state index contributed by atoms with van der Waals surface area (Å²) in [5.74, 6) is 0.0489. The van der Waals surface area contributed by atoms with Gasteiger partial charge < -0.3 is 5.32 Å². The summed E-state index contributed by atoms with van der Waals surface area (Å²) in [5, 5.41) is 2.90. The van der Waals surface area contributed by atoms with Crippen LogP contribution in [0.1, 0.15) is 33.1 Å². The summed E-state index contributed by atoms with van der Waals surface area (Å²) in [7, 11) is 0. The first kappa shape index (κ1) is 9.89. The van der Waals surface area contributed by atoms with E-state index in [9.17, 15) is 4.79 Å². The van der Waals surface area contributed by atoms with Crippen molar-refractivity contribution in [1.82, 2.24) is 0 Å². The molecule has 1 N–H and O–H groups in total. The van der Waals surface area contributed by atoms with E-state index in [0.29, 0.717) is 11.7 Å². The van der Waals surface area contributed by atoms with Crippen LogP contribution in [0.2, 0.25) is 0 Å². The standard InChI is InChI=1S/C14H14BrNO/c1-9-4-6-14(7-5-9)11-3-2-10(15)8-12(11)16-13(14)17/h2-4,8H,5-7H2,1H3,(H,16,17)/t14-/m0/s1/i8D.